The molecule has 19 heavy (non-hydrogen) atoms. The number of benzene rings is 1. The SMILES string of the molecule is COc1ccc(C2(O)CC2)cc1OC1CCCSC1. The minimum atomic E-state index is -0.619. The van der Waals surface area contributed by atoms with Gasteiger partial charge in [0.25, 0.3) is 0 Å². The van der Waals surface area contributed by atoms with Crippen LogP contribution in [0.15, 0.2) is 18.2 Å². The summed E-state index contributed by atoms with van der Waals surface area (Å²) in [6, 6.07) is 5.79. The molecule has 1 unspecified atom stereocenters. The lowest BCUT2D eigenvalue weighted by Crippen LogP contribution is -2.23. The van der Waals surface area contributed by atoms with Crippen molar-refractivity contribution >= 4 is 11.8 Å². The molecule has 3 rings (SSSR count). The van der Waals surface area contributed by atoms with Crippen molar-refractivity contribution in [2.45, 2.75) is 37.4 Å². The predicted molar refractivity (Wildman–Crippen MR) is 77.1 cm³/mol. The lowest BCUT2D eigenvalue weighted by atomic mass is 10.1. The standard InChI is InChI=1S/C15H20O3S/c1-17-13-5-4-11(15(16)6-7-15)9-14(13)18-12-3-2-8-19-10-12/h4-5,9,12,16H,2-3,6-8,10H2,1H3. The second-order valence-electron chi connectivity index (χ2n) is 5.35. The van der Waals surface area contributed by atoms with Crippen LogP contribution in [-0.4, -0.2) is 29.8 Å². The third kappa shape index (κ3) is 2.84. The molecular weight excluding hydrogens is 260 g/mol. The van der Waals surface area contributed by atoms with Crippen LogP contribution in [0.3, 0.4) is 0 Å². The van der Waals surface area contributed by atoms with Gasteiger partial charge in [-0.2, -0.15) is 11.8 Å². The molecule has 1 saturated heterocycles. The molecule has 4 heteroatoms. The van der Waals surface area contributed by atoms with E-state index in [1.165, 1.54) is 12.2 Å². The number of aliphatic hydroxyl groups is 1. The first-order valence-electron chi connectivity index (χ1n) is 6.86. The third-order valence-corrected chi connectivity index (χ3v) is 5.02. The Morgan fingerprint density at radius 1 is 1.32 bits per heavy atom. The van der Waals surface area contributed by atoms with E-state index < -0.39 is 5.60 Å². The van der Waals surface area contributed by atoms with Crippen LogP contribution >= 0.6 is 11.8 Å². The minimum Gasteiger partial charge on any atom is -0.493 e. The molecule has 1 aliphatic carbocycles. The van der Waals surface area contributed by atoms with Crippen molar-refractivity contribution < 1.29 is 14.6 Å². The van der Waals surface area contributed by atoms with Gasteiger partial charge in [-0.3, -0.25) is 0 Å². The molecule has 0 bridgehead atoms. The monoisotopic (exact) mass is 280 g/mol. The number of thioether (sulfide) groups is 1. The zero-order valence-corrected chi connectivity index (χ0v) is 12.0. The molecule has 3 nitrogen and oxygen atoms in total. The average Bonchev–Trinajstić information content (AvgIpc) is 3.19. The fourth-order valence-corrected chi connectivity index (χ4v) is 3.48. The highest BCUT2D eigenvalue weighted by Gasteiger charge is 2.42. The van der Waals surface area contributed by atoms with E-state index in [1.807, 2.05) is 30.0 Å². The fraction of sp³-hybridized carbons (Fsp3) is 0.600. The van der Waals surface area contributed by atoms with Crippen LogP contribution in [-0.2, 0) is 5.60 Å². The maximum atomic E-state index is 10.2. The van der Waals surface area contributed by atoms with E-state index in [2.05, 4.69) is 0 Å². The van der Waals surface area contributed by atoms with Crippen molar-refractivity contribution in [3.63, 3.8) is 0 Å². The van der Waals surface area contributed by atoms with Crippen LogP contribution in [0.25, 0.3) is 0 Å². The summed E-state index contributed by atoms with van der Waals surface area (Å²) in [5.41, 5.74) is 0.331. The Morgan fingerprint density at radius 3 is 2.79 bits per heavy atom. The minimum absolute atomic E-state index is 0.261. The highest BCUT2D eigenvalue weighted by atomic mass is 32.2. The molecule has 0 aromatic heterocycles. The Balaban J connectivity index is 1.80. The molecule has 1 aliphatic heterocycles. The molecule has 2 aliphatic rings. The zero-order valence-electron chi connectivity index (χ0n) is 11.2. The van der Waals surface area contributed by atoms with Gasteiger partial charge in [-0.1, -0.05) is 6.07 Å². The second kappa shape index (κ2) is 5.25. The number of methoxy groups -OCH3 is 1. The zero-order chi connectivity index (χ0) is 13.3. The first-order chi connectivity index (χ1) is 9.21. The van der Waals surface area contributed by atoms with E-state index in [9.17, 15) is 5.11 Å². The first kappa shape index (κ1) is 13.1. The van der Waals surface area contributed by atoms with Crippen LogP contribution < -0.4 is 9.47 Å². The summed E-state index contributed by atoms with van der Waals surface area (Å²) in [5, 5.41) is 10.2. The second-order valence-corrected chi connectivity index (χ2v) is 6.50. The molecule has 1 heterocycles. The summed E-state index contributed by atoms with van der Waals surface area (Å²) >= 11 is 1.94. The predicted octanol–water partition coefficient (Wildman–Crippen LogP) is 2.95. The van der Waals surface area contributed by atoms with Gasteiger partial charge in [0.1, 0.15) is 6.10 Å². The van der Waals surface area contributed by atoms with Crippen molar-refractivity contribution in [3.05, 3.63) is 23.8 Å². The number of ether oxygens (including phenoxy) is 2. The Kier molecular flexibility index (Phi) is 3.63. The van der Waals surface area contributed by atoms with Crippen molar-refractivity contribution in [2.75, 3.05) is 18.6 Å². The van der Waals surface area contributed by atoms with Crippen LogP contribution in [0, 0.1) is 0 Å². The largest absolute Gasteiger partial charge is 0.493 e. The lowest BCUT2D eigenvalue weighted by Gasteiger charge is -2.24. The van der Waals surface area contributed by atoms with Gasteiger partial charge in [0.05, 0.1) is 12.7 Å². The fourth-order valence-electron chi connectivity index (χ4n) is 2.45. The Labute approximate surface area is 118 Å². The van der Waals surface area contributed by atoms with Crippen molar-refractivity contribution in [2.24, 2.45) is 0 Å². The molecule has 1 aromatic carbocycles. The van der Waals surface area contributed by atoms with E-state index in [0.717, 1.165) is 42.1 Å². The maximum absolute atomic E-state index is 10.2. The van der Waals surface area contributed by atoms with Crippen LogP contribution in [0.5, 0.6) is 11.5 Å². The van der Waals surface area contributed by atoms with Gasteiger partial charge in [0, 0.05) is 5.75 Å². The smallest absolute Gasteiger partial charge is 0.161 e. The average molecular weight is 280 g/mol. The van der Waals surface area contributed by atoms with E-state index in [0.29, 0.717) is 0 Å². The van der Waals surface area contributed by atoms with Gasteiger partial charge < -0.3 is 14.6 Å². The number of hydrogen-bond acceptors (Lipinski definition) is 4. The van der Waals surface area contributed by atoms with Gasteiger partial charge in [-0.05, 0) is 49.1 Å². The highest BCUT2D eigenvalue weighted by Crippen LogP contribution is 2.47. The van der Waals surface area contributed by atoms with Crippen LogP contribution in [0.4, 0.5) is 0 Å². The van der Waals surface area contributed by atoms with Gasteiger partial charge in [0.2, 0.25) is 0 Å². The molecular formula is C15H20O3S. The topological polar surface area (TPSA) is 38.7 Å². The number of rotatable bonds is 4. The molecule has 1 saturated carbocycles. The molecule has 1 aromatic rings. The highest BCUT2D eigenvalue weighted by molar-refractivity contribution is 7.99. The third-order valence-electron chi connectivity index (χ3n) is 3.84. The number of hydrogen-bond donors (Lipinski definition) is 1. The molecule has 104 valence electrons. The van der Waals surface area contributed by atoms with Crippen molar-refractivity contribution in [3.8, 4) is 11.5 Å². The van der Waals surface area contributed by atoms with E-state index in [4.69, 9.17) is 9.47 Å². The Hall–Kier alpha value is -0.870. The quantitative estimate of drug-likeness (QED) is 0.920. The van der Waals surface area contributed by atoms with Crippen LogP contribution in [0.1, 0.15) is 31.2 Å². The molecule has 1 atom stereocenters. The summed E-state index contributed by atoms with van der Waals surface area (Å²) < 4.78 is 11.4. The van der Waals surface area contributed by atoms with Gasteiger partial charge >= 0.3 is 0 Å². The summed E-state index contributed by atoms with van der Waals surface area (Å²) in [5.74, 6) is 3.80. The molecule has 2 fully saturated rings. The van der Waals surface area contributed by atoms with Crippen molar-refractivity contribution in [1.29, 1.82) is 0 Å². The first-order valence-corrected chi connectivity index (χ1v) is 8.02. The summed E-state index contributed by atoms with van der Waals surface area (Å²) in [4.78, 5) is 0. The van der Waals surface area contributed by atoms with E-state index >= 15 is 0 Å². The summed E-state index contributed by atoms with van der Waals surface area (Å²) in [7, 11) is 1.66. The lowest BCUT2D eigenvalue weighted by molar-refractivity contribution is 0.149. The summed E-state index contributed by atoms with van der Waals surface area (Å²) in [6.45, 7) is 0. The maximum Gasteiger partial charge on any atom is 0.161 e. The van der Waals surface area contributed by atoms with Gasteiger partial charge in [-0.15, -0.1) is 0 Å². The van der Waals surface area contributed by atoms with Gasteiger partial charge in [0.15, 0.2) is 11.5 Å². The Bertz CT molecular complexity index is 451. The molecule has 1 N–H and O–H groups in total. The normalized spacial score (nSPS) is 24.8. The Morgan fingerprint density at radius 2 is 2.16 bits per heavy atom. The van der Waals surface area contributed by atoms with Gasteiger partial charge in [-0.25, -0.2) is 0 Å². The molecule has 0 amide bonds. The molecule has 0 spiro atoms. The van der Waals surface area contributed by atoms with Crippen molar-refractivity contribution in [1.82, 2.24) is 0 Å². The molecule has 0 radical (unpaired) electrons. The van der Waals surface area contributed by atoms with E-state index in [-0.39, 0.29) is 6.10 Å². The van der Waals surface area contributed by atoms with E-state index in [1.54, 1.807) is 7.11 Å². The summed E-state index contributed by atoms with van der Waals surface area (Å²) in [6.07, 6.45) is 4.26. The van der Waals surface area contributed by atoms with Crippen LogP contribution in [0.2, 0.25) is 0 Å².